The van der Waals surface area contributed by atoms with E-state index in [2.05, 4.69) is 30.1 Å². The second kappa shape index (κ2) is 11.9. The number of rotatable bonds is 8. The van der Waals surface area contributed by atoms with Crippen molar-refractivity contribution in [2.24, 2.45) is 5.41 Å². The number of nitrogens with one attached hydrogen (secondary N) is 1. The van der Waals surface area contributed by atoms with Crippen LogP contribution in [0.3, 0.4) is 0 Å². The van der Waals surface area contributed by atoms with Crippen molar-refractivity contribution in [3.05, 3.63) is 70.5 Å². The molecule has 0 aliphatic carbocycles. The smallest absolute Gasteiger partial charge is 0.417 e. The summed E-state index contributed by atoms with van der Waals surface area (Å²) in [7, 11) is 0. The Morgan fingerprint density at radius 3 is 2.50 bits per heavy atom. The van der Waals surface area contributed by atoms with Crippen molar-refractivity contribution in [3.63, 3.8) is 0 Å². The van der Waals surface area contributed by atoms with Gasteiger partial charge in [-0.2, -0.15) is 5.26 Å². The lowest BCUT2D eigenvalue weighted by atomic mass is 9.93. The molecular weight excluding hydrogens is 504 g/mol. The molecule has 0 spiro atoms. The predicted octanol–water partition coefficient (Wildman–Crippen LogP) is 5.97. The maximum atomic E-state index is 12.7. The number of benzene rings is 2. The van der Waals surface area contributed by atoms with Gasteiger partial charge in [0.05, 0.1) is 31.1 Å². The lowest BCUT2D eigenvalue weighted by Crippen LogP contribution is -2.43. The van der Waals surface area contributed by atoms with Crippen LogP contribution in [0.15, 0.2) is 48.5 Å². The molecule has 1 fully saturated rings. The first-order valence-corrected chi connectivity index (χ1v) is 12.9. The topological polar surface area (TPSA) is 88.8 Å². The van der Waals surface area contributed by atoms with Crippen LogP contribution in [0.5, 0.6) is 11.5 Å². The lowest BCUT2D eigenvalue weighted by Gasteiger charge is -2.34. The van der Waals surface area contributed by atoms with Crippen LogP contribution < -0.4 is 14.8 Å². The molecule has 4 rings (SSSR count). The van der Waals surface area contributed by atoms with E-state index < -0.39 is 6.09 Å². The molecule has 38 heavy (non-hydrogen) atoms. The van der Waals surface area contributed by atoms with E-state index in [0.29, 0.717) is 34.4 Å². The highest BCUT2D eigenvalue weighted by Gasteiger charge is 2.25. The second-order valence-electron chi connectivity index (χ2n) is 10.2. The number of nitrogens with zero attached hydrogens (tertiary/aromatic N) is 3. The number of ether oxygens (including phenoxy) is 3. The van der Waals surface area contributed by atoms with Crippen LogP contribution in [-0.4, -0.2) is 55.0 Å². The quantitative estimate of drug-likeness (QED) is 0.381. The number of hydrogen-bond acceptors (Lipinski definition) is 6. The summed E-state index contributed by atoms with van der Waals surface area (Å²) < 4.78 is 19.0. The van der Waals surface area contributed by atoms with Crippen molar-refractivity contribution in [1.29, 1.82) is 5.26 Å². The van der Waals surface area contributed by atoms with Gasteiger partial charge >= 0.3 is 6.09 Å². The Morgan fingerprint density at radius 2 is 1.82 bits per heavy atom. The van der Waals surface area contributed by atoms with E-state index in [0.717, 1.165) is 49.9 Å². The molecule has 0 bridgehead atoms. The van der Waals surface area contributed by atoms with Gasteiger partial charge in [0, 0.05) is 53.2 Å². The van der Waals surface area contributed by atoms with E-state index in [4.69, 9.17) is 25.8 Å². The highest BCUT2D eigenvalue weighted by atomic mass is 35.5. The van der Waals surface area contributed by atoms with Gasteiger partial charge in [-0.3, -0.25) is 10.2 Å². The highest BCUT2D eigenvalue weighted by Crippen LogP contribution is 2.29. The van der Waals surface area contributed by atoms with Gasteiger partial charge in [0.15, 0.2) is 5.75 Å². The number of carbonyl (C=O) groups excluding carboxylic acids is 1. The van der Waals surface area contributed by atoms with Crippen LogP contribution in [0.4, 0.5) is 10.5 Å². The Morgan fingerprint density at radius 1 is 1.11 bits per heavy atom. The molecular formula is C29H33ClN4O4. The van der Waals surface area contributed by atoms with Crippen LogP contribution in [-0.2, 0) is 4.74 Å². The van der Waals surface area contributed by atoms with E-state index in [1.165, 1.54) is 0 Å². The average Bonchev–Trinajstić information content (AvgIpc) is 3.16. The summed E-state index contributed by atoms with van der Waals surface area (Å²) in [6.07, 6.45) is -0.648. The number of carbonyl (C=O) groups is 1. The van der Waals surface area contributed by atoms with Gasteiger partial charge < -0.3 is 18.8 Å². The molecule has 9 heteroatoms. The number of aromatic nitrogens is 1. The standard InChI is InChI=1S/C29H33ClN4O4/c1-20-15-27(21(2)34(20)25-8-5-23(30)6-9-25)38-28(35)32-24-7-10-26(22(16-24)17-31)37-19-29(3,4)18-33-11-13-36-14-12-33/h5-10,15-16H,11-14,18-19H2,1-4H3,(H,32,35). The van der Waals surface area contributed by atoms with Crippen LogP contribution >= 0.6 is 11.6 Å². The molecule has 1 aliphatic heterocycles. The molecule has 1 saturated heterocycles. The van der Waals surface area contributed by atoms with Crippen molar-refractivity contribution in [2.45, 2.75) is 27.7 Å². The minimum absolute atomic E-state index is 0.108. The average molecular weight is 537 g/mol. The van der Waals surface area contributed by atoms with Gasteiger partial charge in [0.1, 0.15) is 11.8 Å². The normalized spacial score (nSPS) is 14.1. The van der Waals surface area contributed by atoms with Gasteiger partial charge in [0.25, 0.3) is 0 Å². The van der Waals surface area contributed by atoms with Crippen molar-refractivity contribution in [1.82, 2.24) is 9.47 Å². The Labute approximate surface area is 228 Å². The Bertz CT molecular complexity index is 1320. The molecule has 0 saturated carbocycles. The maximum Gasteiger partial charge on any atom is 0.417 e. The number of aryl methyl sites for hydroxylation is 1. The summed E-state index contributed by atoms with van der Waals surface area (Å²) >= 11 is 6.01. The molecule has 200 valence electrons. The molecule has 2 heterocycles. The minimum Gasteiger partial charge on any atom is -0.492 e. The van der Waals surface area contributed by atoms with E-state index >= 15 is 0 Å². The monoisotopic (exact) mass is 536 g/mol. The SMILES string of the molecule is Cc1cc(OC(=O)Nc2ccc(OCC(C)(C)CN3CCOCC3)c(C#N)c2)c(C)n1-c1ccc(Cl)cc1. The molecule has 1 amide bonds. The van der Waals surface area contributed by atoms with E-state index in [-0.39, 0.29) is 5.41 Å². The molecule has 1 aromatic heterocycles. The third-order valence-corrected chi connectivity index (χ3v) is 6.64. The molecule has 1 aliphatic rings. The Kier molecular flexibility index (Phi) is 8.62. The van der Waals surface area contributed by atoms with Crippen LogP contribution in [0, 0.1) is 30.6 Å². The van der Waals surface area contributed by atoms with Crippen molar-refractivity contribution >= 4 is 23.4 Å². The number of halogens is 1. The molecule has 1 N–H and O–H groups in total. The lowest BCUT2D eigenvalue weighted by molar-refractivity contribution is 0.0132. The van der Waals surface area contributed by atoms with Gasteiger partial charge in [-0.1, -0.05) is 25.4 Å². The van der Waals surface area contributed by atoms with Crippen LogP contribution in [0.2, 0.25) is 5.02 Å². The van der Waals surface area contributed by atoms with Crippen molar-refractivity contribution in [3.8, 4) is 23.3 Å². The first-order valence-electron chi connectivity index (χ1n) is 12.6. The third-order valence-electron chi connectivity index (χ3n) is 6.39. The maximum absolute atomic E-state index is 12.7. The van der Waals surface area contributed by atoms with Gasteiger partial charge in [-0.25, -0.2) is 4.79 Å². The summed E-state index contributed by atoms with van der Waals surface area (Å²) in [4.78, 5) is 15.0. The highest BCUT2D eigenvalue weighted by molar-refractivity contribution is 6.30. The summed E-state index contributed by atoms with van der Waals surface area (Å²) in [5.74, 6) is 0.922. The summed E-state index contributed by atoms with van der Waals surface area (Å²) in [6, 6.07) is 16.4. The number of nitriles is 1. The van der Waals surface area contributed by atoms with Crippen molar-refractivity contribution in [2.75, 3.05) is 44.8 Å². The number of hydrogen-bond donors (Lipinski definition) is 1. The first kappa shape index (κ1) is 27.5. The number of anilines is 1. The van der Waals surface area contributed by atoms with E-state index in [1.807, 2.05) is 42.7 Å². The third kappa shape index (κ3) is 6.87. The van der Waals surface area contributed by atoms with E-state index in [9.17, 15) is 10.1 Å². The summed E-state index contributed by atoms with van der Waals surface area (Å²) in [5, 5.41) is 13.0. The van der Waals surface area contributed by atoms with Crippen molar-refractivity contribution < 1.29 is 19.0 Å². The van der Waals surface area contributed by atoms with E-state index in [1.54, 1.807) is 24.3 Å². The zero-order valence-electron chi connectivity index (χ0n) is 22.2. The minimum atomic E-state index is -0.648. The largest absolute Gasteiger partial charge is 0.492 e. The fraction of sp³-hybridized carbons (Fsp3) is 0.379. The van der Waals surface area contributed by atoms with Crippen LogP contribution in [0.1, 0.15) is 30.8 Å². The number of morpholine rings is 1. The Balaban J connectivity index is 1.38. The number of amides is 1. The first-order chi connectivity index (χ1) is 18.1. The van der Waals surface area contributed by atoms with Crippen LogP contribution in [0.25, 0.3) is 5.69 Å². The summed E-state index contributed by atoms with van der Waals surface area (Å²) in [6.45, 7) is 12.8. The molecule has 0 atom stereocenters. The fourth-order valence-corrected chi connectivity index (χ4v) is 4.70. The molecule has 3 aromatic rings. The summed E-state index contributed by atoms with van der Waals surface area (Å²) in [5.41, 5.74) is 3.29. The predicted molar refractivity (Wildman–Crippen MR) is 148 cm³/mol. The van der Waals surface area contributed by atoms with Gasteiger partial charge in [-0.15, -0.1) is 0 Å². The zero-order valence-corrected chi connectivity index (χ0v) is 23.0. The molecule has 0 radical (unpaired) electrons. The Hall–Kier alpha value is -3.51. The van der Waals surface area contributed by atoms with Gasteiger partial charge in [-0.05, 0) is 56.3 Å². The van der Waals surface area contributed by atoms with Gasteiger partial charge in [0.2, 0.25) is 0 Å². The molecule has 0 unspecified atom stereocenters. The fourth-order valence-electron chi connectivity index (χ4n) is 4.57. The second-order valence-corrected chi connectivity index (χ2v) is 10.7. The molecule has 2 aromatic carbocycles. The zero-order chi connectivity index (χ0) is 27.3. The molecule has 8 nitrogen and oxygen atoms in total.